The van der Waals surface area contributed by atoms with Gasteiger partial charge < -0.3 is 0 Å². The Bertz CT molecular complexity index is 793. The topological polar surface area (TPSA) is 0 Å². The molecule has 1 aliphatic rings. The smallest absolute Gasteiger partial charge is 0.123 e. The first-order valence-electron chi connectivity index (χ1n) is 6.85. The van der Waals surface area contributed by atoms with Gasteiger partial charge in [0.15, 0.2) is 0 Å². The second-order valence-corrected chi connectivity index (χ2v) is 6.45. The molecular weight excluding hydrogens is 327 g/mol. The molecule has 3 aromatic rings. The van der Waals surface area contributed by atoms with Crippen molar-refractivity contribution in [1.29, 1.82) is 0 Å². The van der Waals surface area contributed by atoms with Crippen molar-refractivity contribution >= 4 is 15.9 Å². The molecule has 0 bridgehead atoms. The minimum Gasteiger partial charge on any atom is -0.207 e. The van der Waals surface area contributed by atoms with Crippen LogP contribution in [0.15, 0.2) is 72.8 Å². The summed E-state index contributed by atoms with van der Waals surface area (Å²) in [4.78, 5) is 0. The maximum absolute atomic E-state index is 13.7. The van der Waals surface area contributed by atoms with Crippen molar-refractivity contribution in [2.24, 2.45) is 0 Å². The largest absolute Gasteiger partial charge is 0.207 e. The van der Waals surface area contributed by atoms with Crippen LogP contribution in [-0.4, -0.2) is 0 Å². The molecule has 0 amide bonds. The normalized spacial score (nSPS) is 14.6. The lowest BCUT2D eigenvalue weighted by Crippen LogP contribution is -2.18. The summed E-state index contributed by atoms with van der Waals surface area (Å²) in [6.07, 6.45) is 0. The van der Waals surface area contributed by atoms with E-state index < -0.39 is 4.32 Å². The van der Waals surface area contributed by atoms with E-state index in [2.05, 4.69) is 40.2 Å². The second-order valence-electron chi connectivity index (χ2n) is 5.26. The van der Waals surface area contributed by atoms with Gasteiger partial charge in [0.2, 0.25) is 0 Å². The van der Waals surface area contributed by atoms with E-state index >= 15 is 0 Å². The van der Waals surface area contributed by atoms with Crippen LogP contribution in [-0.2, 0) is 4.32 Å². The summed E-state index contributed by atoms with van der Waals surface area (Å²) in [6.45, 7) is 0. The molecule has 102 valence electrons. The first-order chi connectivity index (χ1) is 10.2. The minimum atomic E-state index is -0.484. The van der Waals surface area contributed by atoms with Crippen molar-refractivity contribution in [3.05, 3.63) is 95.3 Å². The molecule has 0 unspecified atom stereocenters. The molecule has 0 spiro atoms. The maximum Gasteiger partial charge on any atom is 0.123 e. The molecule has 0 saturated carbocycles. The Balaban J connectivity index is 2.09. The predicted molar refractivity (Wildman–Crippen MR) is 87.1 cm³/mol. The quantitative estimate of drug-likeness (QED) is 0.514. The van der Waals surface area contributed by atoms with Crippen LogP contribution < -0.4 is 0 Å². The number of hydrogen-bond acceptors (Lipinski definition) is 0. The molecule has 0 saturated heterocycles. The molecule has 0 atom stereocenters. The van der Waals surface area contributed by atoms with Gasteiger partial charge in [-0.2, -0.15) is 0 Å². The van der Waals surface area contributed by atoms with Crippen LogP contribution in [0, 0.1) is 5.82 Å². The van der Waals surface area contributed by atoms with Gasteiger partial charge in [0.05, 0.1) is 0 Å². The standard InChI is InChI=1S/C19H12BrF/c20-19(13-6-5-7-14(21)12-13)17-10-3-1-8-15(17)16-9-2-4-11-18(16)19/h1-12H. The van der Waals surface area contributed by atoms with Crippen molar-refractivity contribution in [3.8, 4) is 11.1 Å². The average molecular weight is 339 g/mol. The molecule has 4 rings (SSSR count). The molecule has 21 heavy (non-hydrogen) atoms. The van der Waals surface area contributed by atoms with Crippen LogP contribution in [0.2, 0.25) is 0 Å². The van der Waals surface area contributed by atoms with E-state index in [1.807, 2.05) is 30.3 Å². The molecule has 0 heterocycles. The third kappa shape index (κ3) is 1.72. The van der Waals surface area contributed by atoms with E-state index in [4.69, 9.17) is 0 Å². The highest BCUT2D eigenvalue weighted by Gasteiger charge is 2.42. The molecule has 0 fully saturated rings. The fraction of sp³-hybridized carbons (Fsp3) is 0.0526. The molecule has 3 aromatic carbocycles. The van der Waals surface area contributed by atoms with Crippen LogP contribution in [0.4, 0.5) is 4.39 Å². The minimum absolute atomic E-state index is 0.215. The number of alkyl halides is 1. The molecule has 1 aliphatic carbocycles. The molecular formula is C19H12BrF. The van der Waals surface area contributed by atoms with E-state index in [1.54, 1.807) is 12.1 Å². The molecule has 0 aromatic heterocycles. The molecule has 0 radical (unpaired) electrons. The summed E-state index contributed by atoms with van der Waals surface area (Å²) in [6, 6.07) is 23.4. The van der Waals surface area contributed by atoms with Gasteiger partial charge in [0, 0.05) is 0 Å². The van der Waals surface area contributed by atoms with Gasteiger partial charge in [-0.1, -0.05) is 76.6 Å². The third-order valence-corrected chi connectivity index (χ3v) is 5.42. The third-order valence-electron chi connectivity index (χ3n) is 4.11. The van der Waals surface area contributed by atoms with Crippen molar-refractivity contribution < 1.29 is 4.39 Å². The first-order valence-corrected chi connectivity index (χ1v) is 7.65. The Morgan fingerprint density at radius 2 is 1.29 bits per heavy atom. The van der Waals surface area contributed by atoms with Crippen LogP contribution >= 0.6 is 15.9 Å². The molecule has 0 N–H and O–H groups in total. The van der Waals surface area contributed by atoms with Crippen molar-refractivity contribution in [3.63, 3.8) is 0 Å². The van der Waals surface area contributed by atoms with Gasteiger partial charge in [-0.25, -0.2) is 4.39 Å². The summed E-state index contributed by atoms with van der Waals surface area (Å²) in [7, 11) is 0. The van der Waals surface area contributed by atoms with Crippen LogP contribution in [0.5, 0.6) is 0 Å². The summed E-state index contributed by atoms with van der Waals surface area (Å²) in [5, 5.41) is 0. The van der Waals surface area contributed by atoms with Crippen molar-refractivity contribution in [2.75, 3.05) is 0 Å². The van der Waals surface area contributed by atoms with Crippen molar-refractivity contribution in [2.45, 2.75) is 4.32 Å². The van der Waals surface area contributed by atoms with E-state index in [0.29, 0.717) is 0 Å². The van der Waals surface area contributed by atoms with Crippen molar-refractivity contribution in [1.82, 2.24) is 0 Å². The van der Waals surface area contributed by atoms with Crippen LogP contribution in [0.1, 0.15) is 16.7 Å². The zero-order valence-electron chi connectivity index (χ0n) is 11.2. The number of rotatable bonds is 1. The lowest BCUT2D eigenvalue weighted by Gasteiger charge is -2.26. The maximum atomic E-state index is 13.7. The first kappa shape index (κ1) is 12.8. The highest BCUT2D eigenvalue weighted by atomic mass is 79.9. The van der Waals surface area contributed by atoms with E-state index in [0.717, 1.165) is 16.7 Å². The monoisotopic (exact) mass is 338 g/mol. The van der Waals surface area contributed by atoms with Crippen LogP contribution in [0.25, 0.3) is 11.1 Å². The second kappa shape index (κ2) is 4.54. The summed E-state index contributed by atoms with van der Waals surface area (Å²) >= 11 is 3.92. The zero-order chi connectivity index (χ0) is 14.4. The Morgan fingerprint density at radius 3 is 1.86 bits per heavy atom. The lowest BCUT2D eigenvalue weighted by molar-refractivity contribution is 0.624. The van der Waals surface area contributed by atoms with Gasteiger partial charge in [-0.05, 0) is 39.9 Å². The van der Waals surface area contributed by atoms with Gasteiger partial charge in [-0.15, -0.1) is 0 Å². The summed E-state index contributed by atoms with van der Waals surface area (Å²) < 4.78 is 13.2. The molecule has 0 nitrogen and oxygen atoms in total. The number of hydrogen-bond donors (Lipinski definition) is 0. The molecule has 2 heteroatoms. The van der Waals surface area contributed by atoms with E-state index in [9.17, 15) is 4.39 Å². The predicted octanol–water partition coefficient (Wildman–Crippen LogP) is 5.49. The van der Waals surface area contributed by atoms with Crippen LogP contribution in [0.3, 0.4) is 0 Å². The average Bonchev–Trinajstić information content (AvgIpc) is 2.79. The Kier molecular flexibility index (Phi) is 2.76. The SMILES string of the molecule is Fc1cccc(C2(Br)c3ccccc3-c3ccccc32)c1. The zero-order valence-corrected chi connectivity index (χ0v) is 12.8. The van der Waals surface area contributed by atoms with Gasteiger partial charge >= 0.3 is 0 Å². The lowest BCUT2D eigenvalue weighted by atomic mass is 9.89. The number of benzene rings is 3. The van der Waals surface area contributed by atoms with Gasteiger partial charge in [-0.3, -0.25) is 0 Å². The fourth-order valence-electron chi connectivity index (χ4n) is 3.20. The number of halogens is 2. The summed E-state index contributed by atoms with van der Waals surface area (Å²) in [5.74, 6) is -0.215. The Labute approximate surface area is 131 Å². The Morgan fingerprint density at radius 1 is 0.714 bits per heavy atom. The van der Waals surface area contributed by atoms with Gasteiger partial charge in [0.25, 0.3) is 0 Å². The fourth-order valence-corrected chi connectivity index (χ4v) is 4.13. The van der Waals surface area contributed by atoms with E-state index in [1.165, 1.54) is 17.2 Å². The highest BCUT2D eigenvalue weighted by molar-refractivity contribution is 9.10. The van der Waals surface area contributed by atoms with Gasteiger partial charge in [0.1, 0.15) is 10.1 Å². The van der Waals surface area contributed by atoms with E-state index in [-0.39, 0.29) is 5.82 Å². The number of fused-ring (bicyclic) bond motifs is 3. The highest BCUT2D eigenvalue weighted by Crippen LogP contribution is 2.55. The molecule has 0 aliphatic heterocycles. The Hall–Kier alpha value is -1.93. The summed E-state index contributed by atoms with van der Waals surface area (Å²) in [5.41, 5.74) is 5.65.